The molecule has 0 spiro atoms. The summed E-state index contributed by atoms with van der Waals surface area (Å²) < 4.78 is 0. The maximum absolute atomic E-state index is 12.9. The summed E-state index contributed by atoms with van der Waals surface area (Å²) in [6.45, 7) is 5.83. The maximum atomic E-state index is 12.9. The van der Waals surface area contributed by atoms with Crippen molar-refractivity contribution in [3.05, 3.63) is 33.8 Å². The average Bonchev–Trinajstić information content (AvgIpc) is 2.67. The Hall–Kier alpha value is -1.63. The molecule has 0 saturated carbocycles. The first-order chi connectivity index (χ1) is 10.9. The van der Waals surface area contributed by atoms with Crippen LogP contribution < -0.4 is 0 Å². The SMILES string of the molecule is CON1CCN2C(=O)C(c3c(C)cc(Cl)cc3C)C(=O)N2CC1. The molecule has 2 heterocycles. The van der Waals surface area contributed by atoms with Gasteiger partial charge in [-0.1, -0.05) is 11.6 Å². The summed E-state index contributed by atoms with van der Waals surface area (Å²) >= 11 is 6.07. The van der Waals surface area contributed by atoms with Crippen LogP contribution in [-0.4, -0.2) is 60.2 Å². The number of carbonyl (C=O) groups excluding carboxylic acids is 2. The first-order valence-corrected chi connectivity index (χ1v) is 8.00. The molecule has 1 aromatic rings. The van der Waals surface area contributed by atoms with Gasteiger partial charge in [0, 0.05) is 18.1 Å². The maximum Gasteiger partial charge on any atom is 0.258 e. The molecule has 1 aromatic carbocycles. The van der Waals surface area contributed by atoms with E-state index in [9.17, 15) is 9.59 Å². The van der Waals surface area contributed by atoms with Crippen molar-refractivity contribution in [1.29, 1.82) is 0 Å². The fourth-order valence-electron chi connectivity index (χ4n) is 3.43. The minimum atomic E-state index is -0.763. The highest BCUT2D eigenvalue weighted by Gasteiger charge is 2.48. The fourth-order valence-corrected chi connectivity index (χ4v) is 3.76. The minimum Gasteiger partial charge on any atom is -0.302 e. The third kappa shape index (κ3) is 2.71. The summed E-state index contributed by atoms with van der Waals surface area (Å²) in [4.78, 5) is 30.9. The smallest absolute Gasteiger partial charge is 0.258 e. The number of carbonyl (C=O) groups is 2. The highest BCUT2D eigenvalue weighted by molar-refractivity contribution is 6.30. The molecular weight excluding hydrogens is 318 g/mol. The van der Waals surface area contributed by atoms with Crippen molar-refractivity contribution in [2.45, 2.75) is 19.8 Å². The fraction of sp³-hybridized carbons (Fsp3) is 0.500. The van der Waals surface area contributed by atoms with Crippen LogP contribution in [0.2, 0.25) is 5.02 Å². The Morgan fingerprint density at radius 1 is 1.00 bits per heavy atom. The summed E-state index contributed by atoms with van der Waals surface area (Å²) in [5.41, 5.74) is 2.53. The zero-order valence-electron chi connectivity index (χ0n) is 13.5. The lowest BCUT2D eigenvalue weighted by molar-refractivity contribution is -0.145. The molecule has 6 nitrogen and oxygen atoms in total. The molecule has 0 atom stereocenters. The normalized spacial score (nSPS) is 20.2. The van der Waals surface area contributed by atoms with Crippen LogP contribution in [0.3, 0.4) is 0 Å². The van der Waals surface area contributed by atoms with E-state index in [1.165, 1.54) is 0 Å². The molecule has 0 N–H and O–H groups in total. The Kier molecular flexibility index (Phi) is 4.31. The molecular formula is C16H20ClN3O3. The Balaban J connectivity index is 1.95. The number of hydrazine groups is 1. The minimum absolute atomic E-state index is 0.165. The third-order valence-corrected chi connectivity index (χ3v) is 4.74. The van der Waals surface area contributed by atoms with Gasteiger partial charge in [0.05, 0.1) is 20.2 Å². The summed E-state index contributed by atoms with van der Waals surface area (Å²) in [6, 6.07) is 3.60. The molecule has 2 amide bonds. The monoisotopic (exact) mass is 337 g/mol. The van der Waals surface area contributed by atoms with Crippen LogP contribution in [0.5, 0.6) is 0 Å². The molecule has 2 aliphatic heterocycles. The predicted octanol–water partition coefficient (Wildman–Crippen LogP) is 1.50. The van der Waals surface area contributed by atoms with Gasteiger partial charge >= 0.3 is 0 Å². The van der Waals surface area contributed by atoms with E-state index in [0.29, 0.717) is 31.2 Å². The van der Waals surface area contributed by atoms with Gasteiger partial charge in [-0.25, -0.2) is 10.0 Å². The van der Waals surface area contributed by atoms with E-state index in [2.05, 4.69) is 0 Å². The number of hydroxylamine groups is 2. The predicted molar refractivity (Wildman–Crippen MR) is 85.7 cm³/mol. The number of benzene rings is 1. The van der Waals surface area contributed by atoms with Gasteiger partial charge in [0.1, 0.15) is 5.92 Å². The van der Waals surface area contributed by atoms with Gasteiger partial charge in [0.2, 0.25) is 0 Å². The van der Waals surface area contributed by atoms with Gasteiger partial charge < -0.3 is 4.84 Å². The zero-order valence-corrected chi connectivity index (χ0v) is 14.3. The van der Waals surface area contributed by atoms with Gasteiger partial charge in [-0.05, 0) is 42.7 Å². The standard InChI is InChI=1S/C16H20ClN3O3/c1-10-8-12(17)9-11(2)13(10)14-15(21)19-6-4-18(23-3)5-7-20(19)16(14)22/h8-9,14H,4-7H2,1-3H3. The van der Waals surface area contributed by atoms with Crippen molar-refractivity contribution in [1.82, 2.24) is 15.1 Å². The molecule has 0 unspecified atom stereocenters. The Labute approximate surface area is 140 Å². The number of amides is 2. The van der Waals surface area contributed by atoms with Crippen LogP contribution in [-0.2, 0) is 14.4 Å². The quantitative estimate of drug-likeness (QED) is 0.768. The van der Waals surface area contributed by atoms with Crippen LogP contribution in [0.1, 0.15) is 22.6 Å². The van der Waals surface area contributed by atoms with E-state index < -0.39 is 5.92 Å². The highest BCUT2D eigenvalue weighted by Crippen LogP contribution is 2.35. The summed E-state index contributed by atoms with van der Waals surface area (Å²) in [5.74, 6) is -1.09. The van der Waals surface area contributed by atoms with Gasteiger partial charge in [0.15, 0.2) is 0 Å². The molecule has 3 rings (SSSR count). The summed E-state index contributed by atoms with van der Waals surface area (Å²) in [6.07, 6.45) is 0. The number of hydrogen-bond acceptors (Lipinski definition) is 4. The van der Waals surface area contributed by atoms with Gasteiger partial charge in [0.25, 0.3) is 11.8 Å². The van der Waals surface area contributed by atoms with E-state index >= 15 is 0 Å². The number of nitrogens with zero attached hydrogens (tertiary/aromatic N) is 3. The summed E-state index contributed by atoms with van der Waals surface area (Å²) in [7, 11) is 1.60. The van der Waals surface area contributed by atoms with E-state index in [0.717, 1.165) is 16.7 Å². The molecule has 0 bridgehead atoms. The first kappa shape index (κ1) is 16.2. The second-order valence-electron chi connectivity index (χ2n) is 5.92. The molecule has 0 aromatic heterocycles. The van der Waals surface area contributed by atoms with Crippen LogP contribution >= 0.6 is 11.6 Å². The molecule has 7 heteroatoms. The van der Waals surface area contributed by atoms with Crippen LogP contribution in [0.25, 0.3) is 0 Å². The number of rotatable bonds is 2. The first-order valence-electron chi connectivity index (χ1n) is 7.62. The van der Waals surface area contributed by atoms with E-state index in [1.54, 1.807) is 34.3 Å². The van der Waals surface area contributed by atoms with Crippen molar-refractivity contribution >= 4 is 23.4 Å². The van der Waals surface area contributed by atoms with E-state index in [1.807, 2.05) is 13.8 Å². The lowest BCUT2D eigenvalue weighted by Crippen LogP contribution is -2.41. The Morgan fingerprint density at radius 2 is 1.48 bits per heavy atom. The van der Waals surface area contributed by atoms with Crippen molar-refractivity contribution in [3.63, 3.8) is 0 Å². The van der Waals surface area contributed by atoms with E-state index in [-0.39, 0.29) is 11.8 Å². The molecule has 0 aliphatic carbocycles. The van der Waals surface area contributed by atoms with Crippen molar-refractivity contribution < 1.29 is 14.4 Å². The van der Waals surface area contributed by atoms with Crippen molar-refractivity contribution in [2.24, 2.45) is 0 Å². The van der Waals surface area contributed by atoms with Crippen LogP contribution in [0.15, 0.2) is 12.1 Å². The number of hydrogen-bond donors (Lipinski definition) is 0. The second kappa shape index (κ2) is 6.11. The Bertz CT molecular complexity index is 615. The number of fused-ring (bicyclic) bond motifs is 1. The molecule has 2 saturated heterocycles. The molecule has 2 fully saturated rings. The largest absolute Gasteiger partial charge is 0.302 e. The highest BCUT2D eigenvalue weighted by atomic mass is 35.5. The Morgan fingerprint density at radius 3 is 1.91 bits per heavy atom. The summed E-state index contributed by atoms with van der Waals surface area (Å²) in [5, 5.41) is 5.48. The lowest BCUT2D eigenvalue weighted by Gasteiger charge is -2.23. The van der Waals surface area contributed by atoms with Gasteiger partial charge in [-0.15, -0.1) is 0 Å². The van der Waals surface area contributed by atoms with Gasteiger partial charge in [-0.2, -0.15) is 5.06 Å². The average molecular weight is 338 g/mol. The van der Waals surface area contributed by atoms with Crippen molar-refractivity contribution in [2.75, 3.05) is 33.3 Å². The van der Waals surface area contributed by atoms with Crippen LogP contribution in [0.4, 0.5) is 0 Å². The van der Waals surface area contributed by atoms with E-state index in [4.69, 9.17) is 16.4 Å². The van der Waals surface area contributed by atoms with Gasteiger partial charge in [-0.3, -0.25) is 9.59 Å². The third-order valence-electron chi connectivity index (χ3n) is 4.52. The number of aryl methyl sites for hydroxylation is 2. The molecule has 23 heavy (non-hydrogen) atoms. The molecule has 2 aliphatic rings. The topological polar surface area (TPSA) is 53.1 Å². The van der Waals surface area contributed by atoms with Crippen molar-refractivity contribution in [3.8, 4) is 0 Å². The van der Waals surface area contributed by atoms with Crippen LogP contribution in [0, 0.1) is 13.8 Å². The lowest BCUT2D eigenvalue weighted by atomic mass is 9.90. The molecule has 124 valence electrons. The second-order valence-corrected chi connectivity index (χ2v) is 6.36. The zero-order chi connectivity index (χ0) is 16.7. The molecule has 0 radical (unpaired) electrons. The number of halogens is 1.